The highest BCUT2D eigenvalue weighted by Gasteiger charge is 2.20. The number of anilines is 1. The number of nitrogen functional groups attached to an aromatic ring is 1. The number of imidazole rings is 1. The number of aromatic nitrogens is 4. The fraction of sp³-hybridized carbons (Fsp3) is 0.611. The summed E-state index contributed by atoms with van der Waals surface area (Å²) >= 11 is 0. The van der Waals surface area contributed by atoms with E-state index in [1.54, 1.807) is 25.3 Å². The molecule has 29 heavy (non-hydrogen) atoms. The number of nitrogens with zero attached hydrogens (tertiary/aromatic N) is 3. The number of rotatable bonds is 10. The minimum atomic E-state index is -0.689. The Hall–Kier alpha value is -2.95. The second-order valence-electron chi connectivity index (χ2n) is 7.15. The average molecular weight is 408 g/mol. The summed E-state index contributed by atoms with van der Waals surface area (Å²) in [6, 6.07) is -0.689. The second kappa shape index (κ2) is 10.0. The molecule has 0 saturated heterocycles. The molecule has 2 aromatic heterocycles. The zero-order valence-electron chi connectivity index (χ0n) is 16.9. The molecule has 1 unspecified atom stereocenters. The van der Waals surface area contributed by atoms with Gasteiger partial charge in [-0.1, -0.05) is 20.8 Å². The van der Waals surface area contributed by atoms with Crippen molar-refractivity contribution in [1.82, 2.24) is 19.5 Å². The lowest BCUT2D eigenvalue weighted by Gasteiger charge is -2.19. The van der Waals surface area contributed by atoms with Crippen molar-refractivity contribution in [1.29, 1.82) is 0 Å². The number of aromatic amines is 1. The van der Waals surface area contributed by atoms with E-state index in [1.165, 1.54) is 6.33 Å². The number of carbonyl (C=O) groups is 2. The Morgan fingerprint density at radius 3 is 2.52 bits per heavy atom. The Kier molecular flexibility index (Phi) is 7.71. The van der Waals surface area contributed by atoms with Gasteiger partial charge in [0.25, 0.3) is 5.56 Å². The first kappa shape index (κ1) is 22.3. The number of carbonyl (C=O) groups excluding carboxylic acids is 2. The number of nitrogens with two attached hydrogens (primary N) is 2. The SMILES string of the molecule is CC[C@H](N)C(=O)OCC(CCn1cnc2c(=O)[nH]c(N)nc21)COC(=O)C(C)C. The van der Waals surface area contributed by atoms with Crippen LogP contribution in [0, 0.1) is 11.8 Å². The van der Waals surface area contributed by atoms with E-state index >= 15 is 0 Å². The van der Waals surface area contributed by atoms with Crippen molar-refractivity contribution in [2.75, 3.05) is 18.9 Å². The zero-order chi connectivity index (χ0) is 21.6. The number of hydrogen-bond acceptors (Lipinski definition) is 9. The maximum absolute atomic E-state index is 11.9. The third-order valence-corrected chi connectivity index (χ3v) is 4.41. The summed E-state index contributed by atoms with van der Waals surface area (Å²) in [5, 5.41) is 0. The molecule has 2 heterocycles. The molecule has 11 heteroatoms. The van der Waals surface area contributed by atoms with Gasteiger partial charge in [0.15, 0.2) is 11.2 Å². The Morgan fingerprint density at radius 1 is 1.24 bits per heavy atom. The van der Waals surface area contributed by atoms with Crippen molar-refractivity contribution in [2.45, 2.75) is 46.2 Å². The first-order valence-corrected chi connectivity index (χ1v) is 9.52. The number of nitrogens with one attached hydrogen (secondary N) is 1. The fourth-order valence-electron chi connectivity index (χ4n) is 2.51. The van der Waals surface area contributed by atoms with Gasteiger partial charge in [-0.15, -0.1) is 0 Å². The quantitative estimate of drug-likeness (QED) is 0.464. The van der Waals surface area contributed by atoms with Crippen LogP contribution in [0.1, 0.15) is 33.6 Å². The van der Waals surface area contributed by atoms with E-state index in [1.807, 2.05) is 0 Å². The summed E-state index contributed by atoms with van der Waals surface area (Å²) in [4.78, 5) is 46.1. The molecule has 0 fully saturated rings. The summed E-state index contributed by atoms with van der Waals surface area (Å²) in [6.07, 6.45) is 2.44. The van der Waals surface area contributed by atoms with Crippen LogP contribution in [-0.4, -0.2) is 50.7 Å². The van der Waals surface area contributed by atoms with Crippen LogP contribution in [0.25, 0.3) is 11.2 Å². The molecule has 0 aliphatic rings. The summed E-state index contributed by atoms with van der Waals surface area (Å²) in [5.41, 5.74) is 11.4. The topological polar surface area (TPSA) is 168 Å². The molecule has 0 radical (unpaired) electrons. The van der Waals surface area contributed by atoms with E-state index in [0.29, 0.717) is 25.0 Å². The van der Waals surface area contributed by atoms with E-state index in [-0.39, 0.29) is 42.5 Å². The van der Waals surface area contributed by atoms with Crippen molar-refractivity contribution in [3.8, 4) is 0 Å². The molecule has 0 saturated carbocycles. The number of fused-ring (bicyclic) bond motifs is 1. The summed E-state index contributed by atoms with van der Waals surface area (Å²) < 4.78 is 12.3. The van der Waals surface area contributed by atoms with Crippen LogP contribution in [0.5, 0.6) is 0 Å². The first-order valence-electron chi connectivity index (χ1n) is 9.52. The minimum absolute atomic E-state index is 0.00542. The molecular weight excluding hydrogens is 380 g/mol. The van der Waals surface area contributed by atoms with Crippen molar-refractivity contribution in [2.24, 2.45) is 17.6 Å². The van der Waals surface area contributed by atoms with E-state index in [4.69, 9.17) is 20.9 Å². The van der Waals surface area contributed by atoms with Gasteiger partial charge in [0, 0.05) is 12.5 Å². The van der Waals surface area contributed by atoms with Gasteiger partial charge in [-0.05, 0) is 12.8 Å². The van der Waals surface area contributed by atoms with Crippen LogP contribution < -0.4 is 17.0 Å². The lowest BCUT2D eigenvalue weighted by molar-refractivity contribution is -0.152. The molecule has 0 bridgehead atoms. The molecule has 2 atom stereocenters. The van der Waals surface area contributed by atoms with Crippen molar-refractivity contribution in [3.63, 3.8) is 0 Å². The lowest BCUT2D eigenvalue weighted by atomic mass is 10.1. The van der Waals surface area contributed by atoms with Gasteiger partial charge in [-0.3, -0.25) is 19.4 Å². The molecule has 11 nitrogen and oxygen atoms in total. The summed E-state index contributed by atoms with van der Waals surface area (Å²) in [6.45, 7) is 5.83. The van der Waals surface area contributed by atoms with Gasteiger partial charge >= 0.3 is 11.9 Å². The Morgan fingerprint density at radius 2 is 1.90 bits per heavy atom. The van der Waals surface area contributed by atoms with Crippen LogP contribution in [0.4, 0.5) is 5.95 Å². The van der Waals surface area contributed by atoms with Gasteiger partial charge in [0.1, 0.15) is 6.04 Å². The van der Waals surface area contributed by atoms with Gasteiger partial charge in [0.05, 0.1) is 25.5 Å². The lowest BCUT2D eigenvalue weighted by Crippen LogP contribution is -2.33. The third-order valence-electron chi connectivity index (χ3n) is 4.41. The molecular formula is C18H28N6O5. The predicted octanol–water partition coefficient (Wildman–Crippen LogP) is 0.188. The number of hydrogen-bond donors (Lipinski definition) is 3. The molecule has 5 N–H and O–H groups in total. The molecule has 0 aromatic carbocycles. The maximum Gasteiger partial charge on any atom is 0.322 e. The Balaban J connectivity index is 2.07. The normalized spacial score (nSPS) is 13.4. The zero-order valence-corrected chi connectivity index (χ0v) is 16.9. The largest absolute Gasteiger partial charge is 0.465 e. The predicted molar refractivity (Wildman–Crippen MR) is 106 cm³/mol. The maximum atomic E-state index is 11.9. The highest BCUT2D eigenvalue weighted by molar-refractivity contribution is 5.75. The van der Waals surface area contributed by atoms with Crippen LogP contribution in [0.15, 0.2) is 11.1 Å². The molecule has 0 amide bonds. The molecule has 160 valence electrons. The Labute approximate surface area is 167 Å². The van der Waals surface area contributed by atoms with Gasteiger partial charge < -0.3 is 25.5 Å². The van der Waals surface area contributed by atoms with Crippen LogP contribution in [-0.2, 0) is 25.6 Å². The highest BCUT2D eigenvalue weighted by Crippen LogP contribution is 2.13. The standard InChI is InChI=1S/C18H28N6O5/c1-4-12(19)17(27)29-8-11(7-28-16(26)10(2)3)5-6-24-9-21-13-14(24)22-18(20)23-15(13)25/h9-12H,4-8,19H2,1-3H3,(H3,20,22,23,25)/t11?,12-/m0/s1. The molecule has 2 aromatic rings. The third kappa shape index (κ3) is 6.01. The fourth-order valence-corrected chi connectivity index (χ4v) is 2.51. The number of aryl methyl sites for hydroxylation is 1. The van der Waals surface area contributed by atoms with Crippen LogP contribution in [0.3, 0.4) is 0 Å². The first-order chi connectivity index (χ1) is 13.7. The Bertz CT molecular complexity index is 906. The van der Waals surface area contributed by atoms with Crippen LogP contribution >= 0.6 is 0 Å². The minimum Gasteiger partial charge on any atom is -0.465 e. The highest BCUT2D eigenvalue weighted by atomic mass is 16.5. The molecule has 2 rings (SSSR count). The van der Waals surface area contributed by atoms with Gasteiger partial charge in [-0.2, -0.15) is 4.98 Å². The number of esters is 2. The number of ether oxygens (including phenoxy) is 2. The second-order valence-corrected chi connectivity index (χ2v) is 7.15. The van der Waals surface area contributed by atoms with E-state index in [2.05, 4.69) is 15.0 Å². The van der Waals surface area contributed by atoms with E-state index < -0.39 is 17.6 Å². The van der Waals surface area contributed by atoms with Gasteiger partial charge in [0.2, 0.25) is 5.95 Å². The van der Waals surface area contributed by atoms with Crippen molar-refractivity contribution < 1.29 is 19.1 Å². The van der Waals surface area contributed by atoms with E-state index in [0.717, 1.165) is 0 Å². The molecule has 0 spiro atoms. The van der Waals surface area contributed by atoms with Crippen molar-refractivity contribution >= 4 is 29.1 Å². The number of H-pyrrole nitrogens is 1. The average Bonchev–Trinajstić information content (AvgIpc) is 3.09. The van der Waals surface area contributed by atoms with Crippen molar-refractivity contribution in [3.05, 3.63) is 16.7 Å². The summed E-state index contributed by atoms with van der Waals surface area (Å²) in [5.74, 6) is -1.36. The molecule has 0 aliphatic carbocycles. The van der Waals surface area contributed by atoms with Gasteiger partial charge in [-0.25, -0.2) is 4.98 Å². The monoisotopic (exact) mass is 408 g/mol. The summed E-state index contributed by atoms with van der Waals surface area (Å²) in [7, 11) is 0. The smallest absolute Gasteiger partial charge is 0.322 e. The molecule has 0 aliphatic heterocycles. The van der Waals surface area contributed by atoms with Crippen LogP contribution in [0.2, 0.25) is 0 Å². The van der Waals surface area contributed by atoms with E-state index in [9.17, 15) is 14.4 Å².